The molecular formula is C21H26FN3O3S. The van der Waals surface area contributed by atoms with E-state index in [0.29, 0.717) is 11.3 Å². The van der Waals surface area contributed by atoms with Crippen LogP contribution in [0.4, 0.5) is 10.1 Å². The van der Waals surface area contributed by atoms with Gasteiger partial charge in [-0.3, -0.25) is 9.10 Å². The van der Waals surface area contributed by atoms with Crippen molar-refractivity contribution in [1.82, 2.24) is 10.2 Å². The lowest BCUT2D eigenvalue weighted by atomic mass is 10.0. The average molecular weight is 420 g/mol. The molecule has 1 fully saturated rings. The van der Waals surface area contributed by atoms with E-state index in [4.69, 9.17) is 0 Å². The molecule has 0 aliphatic carbocycles. The number of nitrogens with zero attached hydrogens (tertiary/aromatic N) is 2. The number of halogens is 1. The van der Waals surface area contributed by atoms with E-state index in [1.165, 1.54) is 6.07 Å². The Morgan fingerprint density at radius 3 is 2.34 bits per heavy atom. The fraction of sp³-hybridized carbons (Fsp3) is 0.381. The standard InChI is InChI=1S/C21H26FN3O3S/c1-24-13-11-18(12-14-24)23-21(26)16-7-9-19(10-8-16)25(29(2,27)28)15-17-5-3-4-6-20(17)22/h3-10,18H,11-15H2,1-2H3,(H,23,26). The fourth-order valence-electron chi connectivity index (χ4n) is 3.38. The molecule has 1 aliphatic heterocycles. The van der Waals surface area contributed by atoms with Crippen molar-refractivity contribution in [3.05, 3.63) is 65.5 Å². The first-order valence-corrected chi connectivity index (χ1v) is 11.4. The number of nitrogens with one attached hydrogen (secondary N) is 1. The van der Waals surface area contributed by atoms with Gasteiger partial charge in [-0.1, -0.05) is 18.2 Å². The summed E-state index contributed by atoms with van der Waals surface area (Å²) in [4.78, 5) is 14.7. The third kappa shape index (κ3) is 5.55. The number of hydrogen-bond acceptors (Lipinski definition) is 4. The second-order valence-electron chi connectivity index (χ2n) is 7.46. The number of piperidine rings is 1. The number of carbonyl (C=O) groups excluding carboxylic acids is 1. The summed E-state index contributed by atoms with van der Waals surface area (Å²) >= 11 is 0. The highest BCUT2D eigenvalue weighted by atomic mass is 32.2. The molecule has 3 rings (SSSR count). The van der Waals surface area contributed by atoms with Crippen LogP contribution in [0.25, 0.3) is 0 Å². The predicted octanol–water partition coefficient (Wildman–Crippen LogP) is 2.62. The highest BCUT2D eigenvalue weighted by Gasteiger charge is 2.21. The molecule has 0 unspecified atom stereocenters. The quantitative estimate of drug-likeness (QED) is 0.782. The van der Waals surface area contributed by atoms with Crippen LogP contribution in [0.15, 0.2) is 48.5 Å². The maximum absolute atomic E-state index is 14.0. The van der Waals surface area contributed by atoms with Crippen LogP contribution in [0.3, 0.4) is 0 Å². The molecule has 1 saturated heterocycles. The summed E-state index contributed by atoms with van der Waals surface area (Å²) in [5.41, 5.74) is 1.13. The van der Waals surface area contributed by atoms with Crippen molar-refractivity contribution in [3.63, 3.8) is 0 Å². The lowest BCUT2D eigenvalue weighted by Gasteiger charge is -2.29. The Kier molecular flexibility index (Phi) is 6.54. The molecule has 0 atom stereocenters. The Hall–Kier alpha value is -2.45. The van der Waals surface area contributed by atoms with Crippen LogP contribution in [0.2, 0.25) is 0 Å². The van der Waals surface area contributed by atoms with Crippen LogP contribution in [-0.2, 0) is 16.6 Å². The molecule has 8 heteroatoms. The Balaban J connectivity index is 1.74. The van der Waals surface area contributed by atoms with Gasteiger partial charge in [0.2, 0.25) is 10.0 Å². The predicted molar refractivity (Wildman–Crippen MR) is 112 cm³/mol. The van der Waals surface area contributed by atoms with Gasteiger partial charge in [0.15, 0.2) is 0 Å². The Labute approximate surface area is 171 Å². The normalized spacial score (nSPS) is 15.8. The highest BCUT2D eigenvalue weighted by molar-refractivity contribution is 7.92. The summed E-state index contributed by atoms with van der Waals surface area (Å²) in [6.45, 7) is 1.78. The number of sulfonamides is 1. The van der Waals surface area contributed by atoms with Gasteiger partial charge in [0, 0.05) is 17.2 Å². The molecule has 156 valence electrons. The Bertz CT molecular complexity index is 955. The van der Waals surface area contributed by atoms with Gasteiger partial charge >= 0.3 is 0 Å². The van der Waals surface area contributed by atoms with E-state index >= 15 is 0 Å². The van der Waals surface area contributed by atoms with Gasteiger partial charge in [0.1, 0.15) is 5.82 Å². The van der Waals surface area contributed by atoms with E-state index in [1.54, 1.807) is 42.5 Å². The first-order chi connectivity index (χ1) is 13.7. The minimum absolute atomic E-state index is 0.118. The SMILES string of the molecule is CN1CCC(NC(=O)c2ccc(N(Cc3ccccc3F)S(C)(=O)=O)cc2)CC1. The van der Waals surface area contributed by atoms with Gasteiger partial charge in [-0.25, -0.2) is 12.8 Å². The minimum atomic E-state index is -3.63. The van der Waals surface area contributed by atoms with Gasteiger partial charge in [-0.05, 0) is 63.3 Å². The van der Waals surface area contributed by atoms with Crippen LogP contribution in [-0.4, -0.2) is 51.7 Å². The maximum Gasteiger partial charge on any atom is 0.251 e. The first kappa shape index (κ1) is 21.3. The molecule has 6 nitrogen and oxygen atoms in total. The van der Waals surface area contributed by atoms with E-state index in [2.05, 4.69) is 17.3 Å². The average Bonchev–Trinajstić information content (AvgIpc) is 2.68. The van der Waals surface area contributed by atoms with Crippen molar-refractivity contribution >= 4 is 21.6 Å². The molecular weight excluding hydrogens is 393 g/mol. The third-order valence-corrected chi connectivity index (χ3v) is 6.28. The lowest BCUT2D eigenvalue weighted by molar-refractivity contribution is 0.0917. The summed E-state index contributed by atoms with van der Waals surface area (Å²) in [5.74, 6) is -0.638. The summed E-state index contributed by atoms with van der Waals surface area (Å²) in [6.07, 6.45) is 2.89. The summed E-state index contributed by atoms with van der Waals surface area (Å²) in [6, 6.07) is 12.6. The van der Waals surface area contributed by atoms with Crippen molar-refractivity contribution in [3.8, 4) is 0 Å². The monoisotopic (exact) mass is 419 g/mol. The first-order valence-electron chi connectivity index (χ1n) is 9.54. The van der Waals surface area contributed by atoms with Gasteiger partial charge in [0.05, 0.1) is 18.5 Å². The van der Waals surface area contributed by atoms with E-state index in [9.17, 15) is 17.6 Å². The second kappa shape index (κ2) is 8.92. The van der Waals surface area contributed by atoms with Gasteiger partial charge in [-0.2, -0.15) is 0 Å². The number of rotatable bonds is 6. The molecule has 0 radical (unpaired) electrons. The Morgan fingerprint density at radius 2 is 1.76 bits per heavy atom. The number of carbonyl (C=O) groups is 1. The number of hydrogen-bond donors (Lipinski definition) is 1. The van der Waals surface area contributed by atoms with E-state index in [0.717, 1.165) is 36.5 Å². The zero-order valence-corrected chi connectivity index (χ0v) is 17.5. The highest BCUT2D eigenvalue weighted by Crippen LogP contribution is 2.22. The van der Waals surface area contributed by atoms with Gasteiger partial charge in [0.25, 0.3) is 5.91 Å². The molecule has 1 aliphatic rings. The summed E-state index contributed by atoms with van der Waals surface area (Å²) in [5, 5.41) is 3.03. The number of likely N-dealkylation sites (tertiary alicyclic amines) is 1. The number of amides is 1. The van der Waals surface area contributed by atoms with Gasteiger partial charge < -0.3 is 10.2 Å². The fourth-order valence-corrected chi connectivity index (χ4v) is 4.26. The molecule has 2 aromatic rings. The molecule has 0 spiro atoms. The van der Waals surface area contributed by atoms with Crippen LogP contribution in [0.5, 0.6) is 0 Å². The molecule has 2 aromatic carbocycles. The van der Waals surface area contributed by atoms with E-state index in [1.807, 2.05) is 0 Å². The van der Waals surface area contributed by atoms with Crippen molar-refractivity contribution in [2.24, 2.45) is 0 Å². The molecule has 1 amide bonds. The van der Waals surface area contributed by atoms with Crippen LogP contribution in [0, 0.1) is 5.82 Å². The number of benzene rings is 2. The molecule has 0 saturated carbocycles. The molecule has 1 N–H and O–H groups in total. The van der Waals surface area contributed by atoms with E-state index < -0.39 is 15.8 Å². The molecule has 1 heterocycles. The number of anilines is 1. The summed E-state index contributed by atoms with van der Waals surface area (Å²) in [7, 11) is -1.57. The lowest BCUT2D eigenvalue weighted by Crippen LogP contribution is -2.43. The van der Waals surface area contributed by atoms with Crippen LogP contribution < -0.4 is 9.62 Å². The smallest absolute Gasteiger partial charge is 0.251 e. The zero-order valence-electron chi connectivity index (χ0n) is 16.6. The van der Waals surface area contributed by atoms with Gasteiger partial charge in [-0.15, -0.1) is 0 Å². The van der Waals surface area contributed by atoms with E-state index in [-0.39, 0.29) is 24.1 Å². The second-order valence-corrected chi connectivity index (χ2v) is 9.37. The summed E-state index contributed by atoms with van der Waals surface area (Å²) < 4.78 is 39.7. The maximum atomic E-state index is 14.0. The molecule has 0 aromatic heterocycles. The Morgan fingerprint density at radius 1 is 1.14 bits per heavy atom. The van der Waals surface area contributed by atoms with Crippen LogP contribution >= 0.6 is 0 Å². The molecule has 0 bridgehead atoms. The molecule has 29 heavy (non-hydrogen) atoms. The third-order valence-electron chi connectivity index (χ3n) is 5.14. The van der Waals surface area contributed by atoms with Crippen molar-refractivity contribution in [2.45, 2.75) is 25.4 Å². The topological polar surface area (TPSA) is 69.7 Å². The largest absolute Gasteiger partial charge is 0.349 e. The zero-order chi connectivity index (χ0) is 21.0. The van der Waals surface area contributed by atoms with Crippen LogP contribution in [0.1, 0.15) is 28.8 Å². The minimum Gasteiger partial charge on any atom is -0.349 e. The van der Waals surface area contributed by atoms with Crippen molar-refractivity contribution < 1.29 is 17.6 Å². The van der Waals surface area contributed by atoms with Crippen molar-refractivity contribution in [1.29, 1.82) is 0 Å². The van der Waals surface area contributed by atoms with Crippen molar-refractivity contribution in [2.75, 3.05) is 30.7 Å².